The smallest absolute Gasteiger partial charge is 0.226 e. The Morgan fingerprint density at radius 3 is 2.61 bits per heavy atom. The number of nitrogens with one attached hydrogen (secondary N) is 1. The predicted octanol–water partition coefficient (Wildman–Crippen LogP) is 2.41. The number of hydrogen-bond donors (Lipinski definition) is 1. The second kappa shape index (κ2) is 7.16. The molecule has 0 spiro atoms. The van der Waals surface area contributed by atoms with E-state index in [0.29, 0.717) is 18.4 Å². The highest BCUT2D eigenvalue weighted by Gasteiger charge is 2.10. The molecule has 0 aliphatic heterocycles. The Hall–Kier alpha value is -1.36. The van der Waals surface area contributed by atoms with Crippen LogP contribution >= 0.6 is 0 Å². The minimum atomic E-state index is 0.105. The van der Waals surface area contributed by atoms with Gasteiger partial charge in [-0.1, -0.05) is 6.92 Å². The quantitative estimate of drug-likeness (QED) is 0.808. The van der Waals surface area contributed by atoms with Gasteiger partial charge in [0.15, 0.2) is 0 Å². The molecule has 1 aromatic rings. The van der Waals surface area contributed by atoms with Gasteiger partial charge in [0.25, 0.3) is 0 Å². The molecule has 0 radical (unpaired) electrons. The minimum Gasteiger partial charge on any atom is -0.475 e. The zero-order chi connectivity index (χ0) is 13.5. The lowest BCUT2D eigenvalue weighted by Crippen LogP contribution is -2.25. The molecule has 1 heterocycles. The highest BCUT2D eigenvalue weighted by Crippen LogP contribution is 2.14. The first kappa shape index (κ1) is 14.7. The summed E-state index contributed by atoms with van der Waals surface area (Å²) in [6.45, 7) is 8.61. The van der Waals surface area contributed by atoms with E-state index in [1.807, 2.05) is 26.8 Å². The van der Waals surface area contributed by atoms with Crippen LogP contribution in [0.25, 0.3) is 0 Å². The van der Waals surface area contributed by atoms with Crippen molar-refractivity contribution >= 4 is 5.95 Å². The summed E-state index contributed by atoms with van der Waals surface area (Å²) in [5.41, 5.74) is 0.885. The Labute approximate surface area is 109 Å². The summed E-state index contributed by atoms with van der Waals surface area (Å²) in [5, 5.41) is 3.26. The van der Waals surface area contributed by atoms with Crippen molar-refractivity contribution in [1.82, 2.24) is 9.97 Å². The van der Waals surface area contributed by atoms with Crippen molar-refractivity contribution in [2.45, 2.75) is 46.3 Å². The minimum absolute atomic E-state index is 0.105. The molecule has 0 saturated carbocycles. The maximum absolute atomic E-state index is 5.59. The molecule has 0 aromatic carbocycles. The van der Waals surface area contributed by atoms with Gasteiger partial charge in [-0.3, -0.25) is 0 Å². The molecule has 5 nitrogen and oxygen atoms in total. The van der Waals surface area contributed by atoms with Crippen LogP contribution in [0.5, 0.6) is 5.88 Å². The van der Waals surface area contributed by atoms with Crippen molar-refractivity contribution in [3.05, 3.63) is 11.8 Å². The highest BCUT2D eigenvalue weighted by molar-refractivity contribution is 5.31. The topological polar surface area (TPSA) is 56.3 Å². The van der Waals surface area contributed by atoms with Crippen molar-refractivity contribution in [1.29, 1.82) is 0 Å². The Morgan fingerprint density at radius 2 is 2.06 bits per heavy atom. The largest absolute Gasteiger partial charge is 0.475 e. The molecule has 1 N–H and O–H groups in total. The predicted molar refractivity (Wildman–Crippen MR) is 72.1 cm³/mol. The van der Waals surface area contributed by atoms with E-state index in [1.54, 1.807) is 7.11 Å². The third-order valence-corrected chi connectivity index (χ3v) is 2.38. The standard InChI is InChI=1S/C13H23N3O2/c1-6-11(8-17-5)15-13-14-10(4)7-12(16-13)18-9(2)3/h7,9,11H,6,8H2,1-5H3,(H,14,15,16). The van der Waals surface area contributed by atoms with E-state index in [-0.39, 0.29) is 12.1 Å². The van der Waals surface area contributed by atoms with Crippen LogP contribution in [-0.4, -0.2) is 35.8 Å². The Bertz CT molecular complexity index is 369. The lowest BCUT2D eigenvalue weighted by molar-refractivity contribution is 0.184. The number of aryl methyl sites for hydroxylation is 1. The van der Waals surface area contributed by atoms with Gasteiger partial charge in [-0.25, -0.2) is 4.98 Å². The molecule has 1 unspecified atom stereocenters. The maximum Gasteiger partial charge on any atom is 0.226 e. The molecular weight excluding hydrogens is 230 g/mol. The van der Waals surface area contributed by atoms with E-state index in [4.69, 9.17) is 9.47 Å². The number of methoxy groups -OCH3 is 1. The normalized spacial score (nSPS) is 12.6. The molecule has 5 heteroatoms. The third-order valence-electron chi connectivity index (χ3n) is 2.38. The molecule has 0 aliphatic rings. The molecule has 18 heavy (non-hydrogen) atoms. The molecule has 1 atom stereocenters. The zero-order valence-corrected chi connectivity index (χ0v) is 11.9. The average molecular weight is 253 g/mol. The fourth-order valence-corrected chi connectivity index (χ4v) is 1.55. The Morgan fingerprint density at radius 1 is 1.33 bits per heavy atom. The summed E-state index contributed by atoms with van der Waals surface area (Å²) in [5.74, 6) is 1.20. The first-order chi connectivity index (χ1) is 8.55. The zero-order valence-electron chi connectivity index (χ0n) is 11.9. The van der Waals surface area contributed by atoms with E-state index in [2.05, 4.69) is 22.2 Å². The van der Waals surface area contributed by atoms with Gasteiger partial charge in [0.1, 0.15) is 0 Å². The fourth-order valence-electron chi connectivity index (χ4n) is 1.55. The number of hydrogen-bond acceptors (Lipinski definition) is 5. The number of anilines is 1. The number of rotatable bonds is 7. The van der Waals surface area contributed by atoms with Gasteiger partial charge in [0.2, 0.25) is 11.8 Å². The first-order valence-corrected chi connectivity index (χ1v) is 6.33. The monoisotopic (exact) mass is 253 g/mol. The van der Waals surface area contributed by atoms with Crippen LogP contribution in [0.3, 0.4) is 0 Å². The lowest BCUT2D eigenvalue weighted by Gasteiger charge is -2.17. The fraction of sp³-hybridized carbons (Fsp3) is 0.692. The van der Waals surface area contributed by atoms with Crippen LogP contribution in [-0.2, 0) is 4.74 Å². The Kier molecular flexibility index (Phi) is 5.85. The molecule has 0 bridgehead atoms. The van der Waals surface area contributed by atoms with Crippen LogP contribution in [0.4, 0.5) is 5.95 Å². The van der Waals surface area contributed by atoms with Crippen molar-refractivity contribution in [2.24, 2.45) is 0 Å². The molecule has 1 aromatic heterocycles. The second-order valence-corrected chi connectivity index (χ2v) is 4.54. The summed E-state index contributed by atoms with van der Waals surface area (Å²) in [4.78, 5) is 8.70. The third kappa shape index (κ3) is 4.87. The van der Waals surface area contributed by atoms with Crippen LogP contribution in [0, 0.1) is 6.92 Å². The molecular formula is C13H23N3O2. The van der Waals surface area contributed by atoms with Crippen molar-refractivity contribution < 1.29 is 9.47 Å². The summed E-state index contributed by atoms with van der Waals surface area (Å²) in [6.07, 6.45) is 1.05. The molecule has 0 saturated heterocycles. The van der Waals surface area contributed by atoms with Gasteiger partial charge in [0, 0.05) is 18.9 Å². The van der Waals surface area contributed by atoms with E-state index < -0.39 is 0 Å². The SMILES string of the molecule is CCC(COC)Nc1nc(C)cc(OC(C)C)n1. The van der Waals surface area contributed by atoms with Crippen LogP contribution in [0.15, 0.2) is 6.07 Å². The summed E-state index contributed by atoms with van der Waals surface area (Å²) >= 11 is 0. The van der Waals surface area contributed by atoms with Crippen molar-refractivity contribution in [3.8, 4) is 5.88 Å². The maximum atomic E-state index is 5.59. The summed E-state index contributed by atoms with van der Waals surface area (Å²) < 4.78 is 10.7. The van der Waals surface area contributed by atoms with Gasteiger partial charge < -0.3 is 14.8 Å². The highest BCUT2D eigenvalue weighted by atomic mass is 16.5. The molecule has 102 valence electrons. The first-order valence-electron chi connectivity index (χ1n) is 6.33. The van der Waals surface area contributed by atoms with Crippen LogP contribution in [0.1, 0.15) is 32.9 Å². The molecule has 1 rings (SSSR count). The van der Waals surface area contributed by atoms with Crippen LogP contribution in [0.2, 0.25) is 0 Å². The van der Waals surface area contributed by atoms with E-state index in [0.717, 1.165) is 12.1 Å². The van der Waals surface area contributed by atoms with Crippen LogP contribution < -0.4 is 10.1 Å². The molecule has 0 amide bonds. The van der Waals surface area contributed by atoms with Gasteiger partial charge in [-0.05, 0) is 27.2 Å². The Balaban J connectivity index is 2.78. The van der Waals surface area contributed by atoms with Crippen molar-refractivity contribution in [2.75, 3.05) is 19.0 Å². The second-order valence-electron chi connectivity index (χ2n) is 4.54. The van der Waals surface area contributed by atoms with Gasteiger partial charge in [-0.2, -0.15) is 4.98 Å². The van der Waals surface area contributed by atoms with E-state index in [9.17, 15) is 0 Å². The molecule has 0 fully saturated rings. The average Bonchev–Trinajstić information content (AvgIpc) is 2.26. The van der Waals surface area contributed by atoms with Crippen molar-refractivity contribution in [3.63, 3.8) is 0 Å². The number of ether oxygens (including phenoxy) is 2. The van der Waals surface area contributed by atoms with E-state index in [1.165, 1.54) is 0 Å². The van der Waals surface area contributed by atoms with E-state index >= 15 is 0 Å². The van der Waals surface area contributed by atoms with Gasteiger partial charge in [-0.15, -0.1) is 0 Å². The van der Waals surface area contributed by atoms with Gasteiger partial charge in [0.05, 0.1) is 18.8 Å². The number of aromatic nitrogens is 2. The summed E-state index contributed by atoms with van der Waals surface area (Å²) in [6, 6.07) is 2.05. The number of nitrogens with zero attached hydrogens (tertiary/aromatic N) is 2. The van der Waals surface area contributed by atoms with Gasteiger partial charge >= 0.3 is 0 Å². The summed E-state index contributed by atoms with van der Waals surface area (Å²) in [7, 11) is 1.69. The lowest BCUT2D eigenvalue weighted by atomic mass is 10.2. The molecule has 0 aliphatic carbocycles.